The summed E-state index contributed by atoms with van der Waals surface area (Å²) in [6, 6.07) is 14.4. The third kappa shape index (κ3) is 5.27. The van der Waals surface area contributed by atoms with Gasteiger partial charge in [0.2, 0.25) is 5.91 Å². The van der Waals surface area contributed by atoms with Gasteiger partial charge in [0.25, 0.3) is 6.47 Å². The molecule has 0 spiro atoms. The number of anilines is 1. The summed E-state index contributed by atoms with van der Waals surface area (Å²) in [4.78, 5) is 32.1. The van der Waals surface area contributed by atoms with E-state index in [1.165, 1.54) is 5.56 Å². The summed E-state index contributed by atoms with van der Waals surface area (Å²) in [5.41, 5.74) is 3.21. The largest absolute Gasteiger partial charge is 0.483 e. The van der Waals surface area contributed by atoms with Crippen LogP contribution >= 0.6 is 11.3 Å². The molecule has 1 saturated heterocycles. The van der Waals surface area contributed by atoms with E-state index < -0.39 is 0 Å². The molecule has 2 aromatic heterocycles. The summed E-state index contributed by atoms with van der Waals surface area (Å²) in [7, 11) is 1.90. The lowest BCUT2D eigenvalue weighted by atomic mass is 9.70. The van der Waals surface area contributed by atoms with Crippen LogP contribution in [0.25, 0.3) is 0 Å². The Balaban J connectivity index is 0.000000858. The number of carbonyl (C=O) groups excluding carboxylic acids is 1. The fourth-order valence-electron chi connectivity index (χ4n) is 3.99. The van der Waals surface area contributed by atoms with Crippen molar-refractivity contribution in [2.45, 2.75) is 24.7 Å². The number of thiazole rings is 1. The van der Waals surface area contributed by atoms with E-state index in [0.29, 0.717) is 6.42 Å². The molecule has 1 aromatic carbocycles. The average molecular weight is 439 g/mol. The van der Waals surface area contributed by atoms with Crippen LogP contribution in [0.4, 0.5) is 5.13 Å². The summed E-state index contributed by atoms with van der Waals surface area (Å²) < 4.78 is 0. The van der Waals surface area contributed by atoms with Gasteiger partial charge in [0, 0.05) is 43.3 Å². The zero-order chi connectivity index (χ0) is 22.1. The predicted octanol–water partition coefficient (Wildman–Crippen LogP) is 3.43. The maximum Gasteiger partial charge on any atom is 0.290 e. The zero-order valence-electron chi connectivity index (χ0n) is 17.4. The number of likely N-dealkylation sites (tertiary alicyclic amines) is 1. The molecule has 1 amide bonds. The summed E-state index contributed by atoms with van der Waals surface area (Å²) in [6.07, 6.45) is 5.67. The van der Waals surface area contributed by atoms with Crippen molar-refractivity contribution in [3.8, 4) is 0 Å². The van der Waals surface area contributed by atoms with Crippen LogP contribution in [0.5, 0.6) is 0 Å². The molecule has 0 aliphatic carbocycles. The molecular formula is C23H26N4O3S. The van der Waals surface area contributed by atoms with Crippen LogP contribution in [0.2, 0.25) is 0 Å². The summed E-state index contributed by atoms with van der Waals surface area (Å²) in [5.74, 6) is 0.170. The second-order valence-electron chi connectivity index (χ2n) is 7.26. The molecule has 3 aromatic rings. The Labute approximate surface area is 185 Å². The van der Waals surface area contributed by atoms with E-state index in [-0.39, 0.29) is 17.8 Å². The molecule has 162 valence electrons. The second kappa shape index (κ2) is 10.7. The van der Waals surface area contributed by atoms with Gasteiger partial charge >= 0.3 is 0 Å². The molecule has 8 heteroatoms. The number of rotatable bonds is 5. The minimum Gasteiger partial charge on any atom is -0.483 e. The molecule has 1 aliphatic heterocycles. The van der Waals surface area contributed by atoms with Gasteiger partial charge in [-0.3, -0.25) is 14.6 Å². The molecule has 4 rings (SSSR count). The Bertz CT molecular complexity index is 971. The lowest BCUT2D eigenvalue weighted by Gasteiger charge is -2.41. The van der Waals surface area contributed by atoms with E-state index in [4.69, 9.17) is 14.9 Å². The minimum absolute atomic E-state index is 0.141. The minimum atomic E-state index is -0.250. The van der Waals surface area contributed by atoms with E-state index in [1.54, 1.807) is 23.7 Å². The van der Waals surface area contributed by atoms with Gasteiger partial charge in [0.1, 0.15) is 0 Å². The number of nitrogens with one attached hydrogen (secondary N) is 1. The standard InChI is InChI=1S/C22H24N4OS.CH2O2/c1-23-21-25-19(16-28-21)22(18-7-3-2-4-8-18)9-12-26(13-10-22)20(27)14-17-6-5-11-24-15-17;2-1-3/h2-8,11,15-16H,9-10,12-14H2,1H3,(H,23,25);1H,(H,2,3). The van der Waals surface area contributed by atoms with Crippen LogP contribution < -0.4 is 5.32 Å². The maximum absolute atomic E-state index is 12.8. The molecule has 3 heterocycles. The molecule has 0 bridgehead atoms. The van der Waals surface area contributed by atoms with Gasteiger partial charge in [-0.25, -0.2) is 4.98 Å². The van der Waals surface area contributed by atoms with Gasteiger partial charge < -0.3 is 15.3 Å². The number of hydrogen-bond acceptors (Lipinski definition) is 6. The van der Waals surface area contributed by atoms with Crippen LogP contribution in [-0.2, 0) is 21.4 Å². The number of pyridine rings is 1. The average Bonchev–Trinajstić information content (AvgIpc) is 3.31. The van der Waals surface area contributed by atoms with Gasteiger partial charge in [-0.05, 0) is 30.0 Å². The Kier molecular flexibility index (Phi) is 7.72. The first-order valence-electron chi connectivity index (χ1n) is 10.1. The number of carbonyl (C=O) groups is 2. The third-order valence-corrected chi connectivity index (χ3v) is 6.44. The predicted molar refractivity (Wildman–Crippen MR) is 121 cm³/mol. The molecule has 1 aliphatic rings. The van der Waals surface area contributed by atoms with Gasteiger partial charge in [-0.2, -0.15) is 0 Å². The zero-order valence-corrected chi connectivity index (χ0v) is 18.2. The van der Waals surface area contributed by atoms with Gasteiger partial charge in [-0.1, -0.05) is 36.4 Å². The maximum atomic E-state index is 12.8. The van der Waals surface area contributed by atoms with E-state index in [0.717, 1.165) is 42.3 Å². The van der Waals surface area contributed by atoms with Crippen LogP contribution in [0.3, 0.4) is 0 Å². The van der Waals surface area contributed by atoms with Crippen molar-refractivity contribution in [1.29, 1.82) is 0 Å². The molecule has 0 atom stereocenters. The number of amides is 1. The monoisotopic (exact) mass is 438 g/mol. The summed E-state index contributed by atoms with van der Waals surface area (Å²) >= 11 is 1.64. The first-order valence-corrected chi connectivity index (χ1v) is 10.9. The van der Waals surface area contributed by atoms with Gasteiger partial charge in [0.05, 0.1) is 12.1 Å². The molecule has 1 fully saturated rings. The van der Waals surface area contributed by atoms with Crippen molar-refractivity contribution in [3.05, 3.63) is 77.1 Å². The van der Waals surface area contributed by atoms with Crippen molar-refractivity contribution in [3.63, 3.8) is 0 Å². The molecule has 7 nitrogen and oxygen atoms in total. The fraction of sp³-hybridized carbons (Fsp3) is 0.304. The fourth-order valence-corrected chi connectivity index (χ4v) is 4.76. The van der Waals surface area contributed by atoms with Crippen molar-refractivity contribution < 1.29 is 14.7 Å². The summed E-state index contributed by atoms with van der Waals surface area (Å²) in [5, 5.41) is 13.1. The normalized spacial score (nSPS) is 14.8. The number of aromatic nitrogens is 2. The lowest BCUT2D eigenvalue weighted by molar-refractivity contribution is -0.132. The Morgan fingerprint density at radius 3 is 2.52 bits per heavy atom. The van der Waals surface area contributed by atoms with Crippen molar-refractivity contribution >= 4 is 28.8 Å². The highest BCUT2D eigenvalue weighted by atomic mass is 32.1. The molecule has 2 N–H and O–H groups in total. The second-order valence-corrected chi connectivity index (χ2v) is 8.12. The summed E-state index contributed by atoms with van der Waals surface area (Å²) in [6.45, 7) is 1.22. The highest BCUT2D eigenvalue weighted by Crippen LogP contribution is 2.42. The quantitative estimate of drug-likeness (QED) is 0.593. The van der Waals surface area contributed by atoms with Crippen LogP contribution in [-0.4, -0.2) is 52.5 Å². The van der Waals surface area contributed by atoms with Crippen molar-refractivity contribution in [2.75, 3.05) is 25.5 Å². The van der Waals surface area contributed by atoms with E-state index in [1.807, 2.05) is 30.1 Å². The highest BCUT2D eigenvalue weighted by molar-refractivity contribution is 7.13. The number of carboxylic acid groups (broad SMARTS) is 1. The molecule has 0 unspecified atom stereocenters. The van der Waals surface area contributed by atoms with Gasteiger partial charge in [0.15, 0.2) is 5.13 Å². The third-order valence-electron chi connectivity index (χ3n) is 5.58. The molecule has 31 heavy (non-hydrogen) atoms. The number of hydrogen-bond donors (Lipinski definition) is 2. The first-order chi connectivity index (χ1) is 15.1. The van der Waals surface area contributed by atoms with E-state index in [9.17, 15) is 4.79 Å². The van der Waals surface area contributed by atoms with Crippen LogP contribution in [0, 0.1) is 0 Å². The first kappa shape index (κ1) is 22.4. The van der Waals surface area contributed by atoms with E-state index >= 15 is 0 Å². The van der Waals surface area contributed by atoms with Crippen LogP contribution in [0.1, 0.15) is 29.7 Å². The Morgan fingerprint density at radius 2 is 1.94 bits per heavy atom. The number of nitrogens with zero attached hydrogens (tertiary/aromatic N) is 3. The lowest BCUT2D eigenvalue weighted by Crippen LogP contribution is -2.46. The number of piperidine rings is 1. The Morgan fingerprint density at radius 1 is 1.23 bits per heavy atom. The topological polar surface area (TPSA) is 95.4 Å². The molecule has 0 radical (unpaired) electrons. The van der Waals surface area contributed by atoms with Gasteiger partial charge in [-0.15, -0.1) is 11.3 Å². The van der Waals surface area contributed by atoms with Crippen molar-refractivity contribution in [2.24, 2.45) is 0 Å². The highest BCUT2D eigenvalue weighted by Gasteiger charge is 2.40. The smallest absolute Gasteiger partial charge is 0.290 e. The molecule has 0 saturated carbocycles. The Hall–Kier alpha value is -3.26. The molecular weight excluding hydrogens is 412 g/mol. The van der Waals surface area contributed by atoms with Crippen LogP contribution in [0.15, 0.2) is 60.2 Å². The van der Waals surface area contributed by atoms with E-state index in [2.05, 4.69) is 39.9 Å². The van der Waals surface area contributed by atoms with Crippen molar-refractivity contribution in [1.82, 2.24) is 14.9 Å². The number of benzene rings is 1. The SMILES string of the molecule is CNc1nc(C2(c3ccccc3)CCN(C(=O)Cc3cccnc3)CC2)cs1.O=CO.